The summed E-state index contributed by atoms with van der Waals surface area (Å²) in [4.78, 5) is 18.0. The van der Waals surface area contributed by atoms with Gasteiger partial charge in [-0.3, -0.25) is 9.69 Å². The second-order valence-electron chi connectivity index (χ2n) is 7.66. The van der Waals surface area contributed by atoms with Gasteiger partial charge < -0.3 is 15.0 Å². The van der Waals surface area contributed by atoms with E-state index in [1.54, 1.807) is 0 Å². The zero-order chi connectivity index (χ0) is 19.9. The van der Waals surface area contributed by atoms with Gasteiger partial charge in [-0.1, -0.05) is 30.3 Å². The number of hydrogen-bond acceptors (Lipinski definition) is 3. The number of rotatable bonds is 8. The van der Waals surface area contributed by atoms with E-state index in [0.717, 1.165) is 63.3 Å². The second-order valence-corrected chi connectivity index (χ2v) is 7.66. The van der Waals surface area contributed by atoms with E-state index in [1.165, 1.54) is 16.5 Å². The van der Waals surface area contributed by atoms with Gasteiger partial charge in [0.05, 0.1) is 13.2 Å². The lowest BCUT2D eigenvalue weighted by molar-refractivity contribution is -0.116. The molecule has 5 nitrogen and oxygen atoms in total. The summed E-state index contributed by atoms with van der Waals surface area (Å²) in [6, 6.07) is 16.5. The largest absolute Gasteiger partial charge is 0.379 e. The predicted molar refractivity (Wildman–Crippen MR) is 117 cm³/mol. The van der Waals surface area contributed by atoms with Crippen molar-refractivity contribution in [2.75, 3.05) is 38.2 Å². The standard InChI is InChI=1S/C24H29N3O2/c28-24(7-3-4-20-18-25-23-6-2-1-5-22(20)23)26-21-10-8-19(9-11-21)12-13-27-14-16-29-17-15-27/h1-2,5-6,8-11,18,25H,3-4,7,12-17H2,(H,26,28). The molecule has 0 bridgehead atoms. The third-order valence-electron chi connectivity index (χ3n) is 5.58. The molecule has 3 aromatic rings. The number of fused-ring (bicyclic) bond motifs is 1. The Morgan fingerprint density at radius 2 is 1.83 bits per heavy atom. The van der Waals surface area contributed by atoms with E-state index in [2.05, 4.69) is 51.7 Å². The SMILES string of the molecule is O=C(CCCc1c[nH]c2ccccc12)Nc1ccc(CCN2CCOCC2)cc1. The third-order valence-corrected chi connectivity index (χ3v) is 5.58. The molecule has 1 aliphatic rings. The number of aromatic nitrogens is 1. The van der Waals surface area contributed by atoms with Crippen LogP contribution >= 0.6 is 0 Å². The predicted octanol–water partition coefficient (Wildman–Crippen LogP) is 4.00. The molecule has 2 heterocycles. The van der Waals surface area contributed by atoms with Crippen molar-refractivity contribution in [3.63, 3.8) is 0 Å². The normalized spacial score (nSPS) is 14.9. The van der Waals surface area contributed by atoms with Crippen LogP contribution in [0.25, 0.3) is 10.9 Å². The minimum Gasteiger partial charge on any atom is -0.379 e. The van der Waals surface area contributed by atoms with Crippen LogP contribution in [0.15, 0.2) is 54.7 Å². The van der Waals surface area contributed by atoms with E-state index < -0.39 is 0 Å². The number of para-hydroxylation sites is 1. The Hall–Kier alpha value is -2.63. The van der Waals surface area contributed by atoms with Gasteiger partial charge in [0.25, 0.3) is 0 Å². The lowest BCUT2D eigenvalue weighted by Gasteiger charge is -2.26. The van der Waals surface area contributed by atoms with E-state index in [0.29, 0.717) is 6.42 Å². The highest BCUT2D eigenvalue weighted by Gasteiger charge is 2.10. The molecule has 0 spiro atoms. The molecule has 0 unspecified atom stereocenters. The fraction of sp³-hybridized carbons (Fsp3) is 0.375. The van der Waals surface area contributed by atoms with Gasteiger partial charge in [0, 0.05) is 48.8 Å². The van der Waals surface area contributed by atoms with Gasteiger partial charge in [0.2, 0.25) is 5.91 Å². The first-order chi connectivity index (χ1) is 14.3. The van der Waals surface area contributed by atoms with Crippen molar-refractivity contribution < 1.29 is 9.53 Å². The number of benzene rings is 2. The third kappa shape index (κ3) is 5.46. The molecule has 0 atom stereocenters. The van der Waals surface area contributed by atoms with E-state index in [9.17, 15) is 4.79 Å². The summed E-state index contributed by atoms with van der Waals surface area (Å²) in [5.41, 5.74) is 4.60. The molecule has 29 heavy (non-hydrogen) atoms. The van der Waals surface area contributed by atoms with Gasteiger partial charge in [0.1, 0.15) is 0 Å². The maximum Gasteiger partial charge on any atom is 0.224 e. The molecule has 5 heteroatoms. The quantitative estimate of drug-likeness (QED) is 0.610. The number of ether oxygens (including phenoxy) is 1. The number of hydrogen-bond donors (Lipinski definition) is 2. The van der Waals surface area contributed by atoms with Gasteiger partial charge in [-0.2, -0.15) is 0 Å². The van der Waals surface area contributed by atoms with E-state index in [1.807, 2.05) is 18.2 Å². The van der Waals surface area contributed by atoms with Crippen LogP contribution in [0.2, 0.25) is 0 Å². The van der Waals surface area contributed by atoms with E-state index in [-0.39, 0.29) is 5.91 Å². The van der Waals surface area contributed by atoms with Gasteiger partial charge in [-0.25, -0.2) is 0 Å². The first-order valence-electron chi connectivity index (χ1n) is 10.5. The zero-order valence-electron chi connectivity index (χ0n) is 16.8. The molecule has 0 aliphatic carbocycles. The first-order valence-corrected chi connectivity index (χ1v) is 10.5. The second kappa shape index (κ2) is 9.72. The number of morpholine rings is 1. The smallest absolute Gasteiger partial charge is 0.224 e. The monoisotopic (exact) mass is 391 g/mol. The lowest BCUT2D eigenvalue weighted by Crippen LogP contribution is -2.37. The summed E-state index contributed by atoms with van der Waals surface area (Å²) in [7, 11) is 0. The Labute approximate surface area is 172 Å². The number of nitrogens with one attached hydrogen (secondary N) is 2. The molecule has 4 rings (SSSR count). The number of anilines is 1. The fourth-order valence-electron chi connectivity index (χ4n) is 3.87. The van der Waals surface area contributed by atoms with Crippen LogP contribution in [0, 0.1) is 0 Å². The molecule has 1 fully saturated rings. The minimum absolute atomic E-state index is 0.0749. The summed E-state index contributed by atoms with van der Waals surface area (Å²) in [6.45, 7) is 4.78. The summed E-state index contributed by atoms with van der Waals surface area (Å²) >= 11 is 0. The van der Waals surface area contributed by atoms with Crippen LogP contribution in [-0.4, -0.2) is 48.6 Å². The molecule has 1 aliphatic heterocycles. The van der Waals surface area contributed by atoms with Gasteiger partial charge in [-0.15, -0.1) is 0 Å². The van der Waals surface area contributed by atoms with Crippen molar-refractivity contribution in [1.29, 1.82) is 0 Å². The highest BCUT2D eigenvalue weighted by molar-refractivity contribution is 5.90. The molecule has 0 radical (unpaired) electrons. The fourth-order valence-corrected chi connectivity index (χ4v) is 3.87. The Morgan fingerprint density at radius 1 is 1.03 bits per heavy atom. The number of amides is 1. The number of carbonyl (C=O) groups is 1. The highest BCUT2D eigenvalue weighted by atomic mass is 16.5. The van der Waals surface area contributed by atoms with Crippen LogP contribution in [0.4, 0.5) is 5.69 Å². The molecule has 152 valence electrons. The maximum absolute atomic E-state index is 12.3. The van der Waals surface area contributed by atoms with E-state index in [4.69, 9.17) is 4.74 Å². The van der Waals surface area contributed by atoms with E-state index >= 15 is 0 Å². The molecule has 1 amide bonds. The van der Waals surface area contributed by atoms with Crippen molar-refractivity contribution in [2.24, 2.45) is 0 Å². The van der Waals surface area contributed by atoms with Crippen molar-refractivity contribution >= 4 is 22.5 Å². The number of aromatic amines is 1. The molecule has 2 N–H and O–H groups in total. The van der Waals surface area contributed by atoms with Crippen LogP contribution in [0.5, 0.6) is 0 Å². The average Bonchev–Trinajstić information content (AvgIpc) is 3.17. The summed E-state index contributed by atoms with van der Waals surface area (Å²) in [6.07, 6.45) is 5.35. The number of carbonyl (C=O) groups excluding carboxylic acids is 1. The zero-order valence-corrected chi connectivity index (χ0v) is 16.8. The summed E-state index contributed by atoms with van der Waals surface area (Å²) in [5.74, 6) is 0.0749. The van der Waals surface area contributed by atoms with Crippen molar-refractivity contribution in [3.8, 4) is 0 Å². The molecule has 2 aromatic carbocycles. The van der Waals surface area contributed by atoms with Crippen LogP contribution in [0.3, 0.4) is 0 Å². The van der Waals surface area contributed by atoms with Crippen molar-refractivity contribution in [1.82, 2.24) is 9.88 Å². The molecule has 1 aromatic heterocycles. The Morgan fingerprint density at radius 3 is 2.66 bits per heavy atom. The number of aryl methyl sites for hydroxylation is 1. The van der Waals surface area contributed by atoms with Gasteiger partial charge in [-0.05, 0) is 48.6 Å². The van der Waals surface area contributed by atoms with Gasteiger partial charge in [0.15, 0.2) is 0 Å². The highest BCUT2D eigenvalue weighted by Crippen LogP contribution is 2.19. The molecular weight excluding hydrogens is 362 g/mol. The Balaban J connectivity index is 1.20. The minimum atomic E-state index is 0.0749. The summed E-state index contributed by atoms with van der Waals surface area (Å²) in [5, 5.41) is 4.27. The van der Waals surface area contributed by atoms with Crippen LogP contribution < -0.4 is 5.32 Å². The summed E-state index contributed by atoms with van der Waals surface area (Å²) < 4.78 is 5.39. The Kier molecular flexibility index (Phi) is 6.60. The maximum atomic E-state index is 12.3. The topological polar surface area (TPSA) is 57.4 Å². The van der Waals surface area contributed by atoms with Crippen LogP contribution in [-0.2, 0) is 22.4 Å². The molecule has 0 saturated carbocycles. The number of H-pyrrole nitrogens is 1. The molecule has 1 saturated heterocycles. The Bertz CT molecular complexity index is 927. The van der Waals surface area contributed by atoms with Gasteiger partial charge >= 0.3 is 0 Å². The molecular formula is C24H29N3O2. The van der Waals surface area contributed by atoms with Crippen LogP contribution in [0.1, 0.15) is 24.0 Å². The van der Waals surface area contributed by atoms with Crippen molar-refractivity contribution in [2.45, 2.75) is 25.7 Å². The number of nitrogens with zero attached hydrogens (tertiary/aromatic N) is 1. The first kappa shape index (κ1) is 19.7. The average molecular weight is 392 g/mol. The lowest BCUT2D eigenvalue weighted by atomic mass is 10.1. The van der Waals surface area contributed by atoms with Crippen molar-refractivity contribution in [3.05, 3.63) is 65.9 Å².